The van der Waals surface area contributed by atoms with Gasteiger partial charge in [-0.3, -0.25) is 23.7 Å². The number of fused-ring (bicyclic) bond motifs is 1. The highest BCUT2D eigenvalue weighted by molar-refractivity contribution is 5.93. The molecule has 2 fully saturated rings. The van der Waals surface area contributed by atoms with Gasteiger partial charge in [-0.1, -0.05) is 24.3 Å². The number of aromatic amines is 1. The Morgan fingerprint density at radius 3 is 2.37 bits per heavy atom. The van der Waals surface area contributed by atoms with Crippen molar-refractivity contribution in [1.29, 1.82) is 0 Å². The van der Waals surface area contributed by atoms with Crippen LogP contribution in [0.25, 0.3) is 22.6 Å². The predicted octanol–water partition coefficient (Wildman–Crippen LogP) is 3.56. The molecule has 2 saturated carbocycles. The van der Waals surface area contributed by atoms with Crippen LogP contribution in [-0.4, -0.2) is 35.0 Å². The molecule has 5 aromatic rings. The standard InChI is InChI=1S/C30H28N8O3/c39-28(20-10-12-31-13-11-20)34-16-19-3-1-2-18(14-19)15-32-24-9-4-21(17-33-24)26-35-25-27(36-26)37(22-5-6-22)30(41)38(29(25)40)23-7-8-23/h1-4,9-14,17,22-23H,5-8,15-16H2,(H,32,33)(H,34,39)(H,35,36). The quantitative estimate of drug-likeness (QED) is 0.256. The minimum atomic E-state index is -0.298. The van der Waals surface area contributed by atoms with Crippen molar-refractivity contribution in [3.8, 4) is 11.4 Å². The van der Waals surface area contributed by atoms with Crippen molar-refractivity contribution in [3.63, 3.8) is 0 Å². The van der Waals surface area contributed by atoms with Gasteiger partial charge in [0.15, 0.2) is 5.65 Å². The third-order valence-electron chi connectivity index (χ3n) is 7.48. The first-order chi connectivity index (χ1) is 20.0. The Hall–Kier alpha value is -5.06. The minimum Gasteiger partial charge on any atom is -0.366 e. The molecule has 4 heterocycles. The second-order valence-electron chi connectivity index (χ2n) is 10.6. The number of imidazole rings is 1. The number of aromatic nitrogens is 6. The summed E-state index contributed by atoms with van der Waals surface area (Å²) in [5, 5.41) is 6.26. The normalized spacial score (nSPS) is 14.7. The molecular formula is C30H28N8O3. The Labute approximate surface area is 234 Å². The van der Waals surface area contributed by atoms with Crippen molar-refractivity contribution < 1.29 is 4.79 Å². The zero-order valence-electron chi connectivity index (χ0n) is 22.2. The van der Waals surface area contributed by atoms with Crippen molar-refractivity contribution >= 4 is 22.9 Å². The lowest BCUT2D eigenvalue weighted by Crippen LogP contribution is -2.39. The van der Waals surface area contributed by atoms with Crippen LogP contribution >= 0.6 is 0 Å². The van der Waals surface area contributed by atoms with Gasteiger partial charge in [-0.25, -0.2) is 14.8 Å². The smallest absolute Gasteiger partial charge is 0.333 e. The SMILES string of the molecule is O=C(NCc1cccc(CNc2ccc(-c3nc4c([nH]3)c(=O)n(C3CC3)c(=O)n4C3CC3)cn2)c1)c1ccncc1. The van der Waals surface area contributed by atoms with Crippen LogP contribution in [-0.2, 0) is 13.1 Å². The van der Waals surface area contributed by atoms with Crippen LogP contribution in [0.5, 0.6) is 0 Å². The van der Waals surface area contributed by atoms with Gasteiger partial charge < -0.3 is 15.6 Å². The lowest BCUT2D eigenvalue weighted by atomic mass is 10.1. The van der Waals surface area contributed by atoms with Crippen LogP contribution in [0, 0.1) is 0 Å². The average molecular weight is 549 g/mol. The van der Waals surface area contributed by atoms with E-state index in [1.165, 1.54) is 4.57 Å². The number of nitrogens with one attached hydrogen (secondary N) is 3. The summed E-state index contributed by atoms with van der Waals surface area (Å²) in [6, 6.07) is 15.2. The van der Waals surface area contributed by atoms with E-state index in [0.29, 0.717) is 41.5 Å². The lowest BCUT2D eigenvalue weighted by Gasteiger charge is -2.09. The van der Waals surface area contributed by atoms with Crippen molar-refractivity contribution in [2.24, 2.45) is 0 Å². The van der Waals surface area contributed by atoms with Crippen LogP contribution in [0.3, 0.4) is 0 Å². The van der Waals surface area contributed by atoms with E-state index in [1.54, 1.807) is 35.3 Å². The second-order valence-corrected chi connectivity index (χ2v) is 10.6. The van der Waals surface area contributed by atoms with Gasteiger partial charge >= 0.3 is 5.69 Å². The number of anilines is 1. The largest absolute Gasteiger partial charge is 0.366 e. The number of hydrogen-bond donors (Lipinski definition) is 3. The second kappa shape index (κ2) is 10.2. The number of carbonyl (C=O) groups excluding carboxylic acids is 1. The van der Waals surface area contributed by atoms with Gasteiger partial charge in [-0.05, 0) is 61.1 Å². The predicted molar refractivity (Wildman–Crippen MR) is 154 cm³/mol. The van der Waals surface area contributed by atoms with Crippen LogP contribution in [0.2, 0.25) is 0 Å². The van der Waals surface area contributed by atoms with E-state index in [-0.39, 0.29) is 29.2 Å². The van der Waals surface area contributed by atoms with Crippen LogP contribution < -0.4 is 21.9 Å². The highest BCUT2D eigenvalue weighted by Gasteiger charge is 2.34. The molecule has 7 rings (SSSR count). The summed E-state index contributed by atoms with van der Waals surface area (Å²) in [4.78, 5) is 54.9. The zero-order valence-corrected chi connectivity index (χ0v) is 22.2. The molecule has 0 atom stereocenters. The molecule has 0 unspecified atom stereocenters. The summed E-state index contributed by atoms with van der Waals surface area (Å²) in [7, 11) is 0. The van der Waals surface area contributed by atoms with Gasteiger partial charge in [0.25, 0.3) is 11.5 Å². The molecule has 1 amide bonds. The van der Waals surface area contributed by atoms with Crippen molar-refractivity contribution in [2.75, 3.05) is 5.32 Å². The van der Waals surface area contributed by atoms with Crippen molar-refractivity contribution in [2.45, 2.75) is 50.9 Å². The summed E-state index contributed by atoms with van der Waals surface area (Å²) in [5.41, 5.74) is 3.59. The number of carbonyl (C=O) groups is 1. The number of H-pyrrole nitrogens is 1. The van der Waals surface area contributed by atoms with Gasteiger partial charge in [0, 0.05) is 54.9 Å². The number of nitrogens with zero attached hydrogens (tertiary/aromatic N) is 5. The third-order valence-corrected chi connectivity index (χ3v) is 7.48. The maximum atomic E-state index is 13.1. The molecule has 0 aliphatic heterocycles. The van der Waals surface area contributed by atoms with Gasteiger partial charge in [-0.15, -0.1) is 0 Å². The molecule has 11 nitrogen and oxygen atoms in total. The van der Waals surface area contributed by atoms with Crippen molar-refractivity contribution in [3.05, 3.63) is 105 Å². The molecule has 41 heavy (non-hydrogen) atoms. The first-order valence-corrected chi connectivity index (χ1v) is 13.8. The van der Waals surface area contributed by atoms with Gasteiger partial charge in [0.05, 0.1) is 0 Å². The van der Waals surface area contributed by atoms with E-state index in [0.717, 1.165) is 42.4 Å². The monoisotopic (exact) mass is 548 g/mol. The highest BCUT2D eigenvalue weighted by atomic mass is 16.2. The topological polar surface area (TPSA) is 140 Å². The van der Waals surface area contributed by atoms with Gasteiger partial charge in [-0.2, -0.15) is 0 Å². The van der Waals surface area contributed by atoms with E-state index >= 15 is 0 Å². The molecule has 206 valence electrons. The van der Waals surface area contributed by atoms with E-state index in [4.69, 9.17) is 0 Å². The molecular weight excluding hydrogens is 520 g/mol. The molecule has 3 N–H and O–H groups in total. The number of rotatable bonds is 9. The summed E-state index contributed by atoms with van der Waals surface area (Å²) >= 11 is 0. The summed E-state index contributed by atoms with van der Waals surface area (Å²) in [6.07, 6.45) is 8.45. The molecule has 4 aromatic heterocycles. The third kappa shape index (κ3) is 5.02. The highest BCUT2D eigenvalue weighted by Crippen LogP contribution is 2.37. The summed E-state index contributed by atoms with van der Waals surface area (Å²) < 4.78 is 3.09. The van der Waals surface area contributed by atoms with E-state index in [1.807, 2.05) is 36.4 Å². The maximum Gasteiger partial charge on any atom is 0.333 e. The number of hydrogen-bond acceptors (Lipinski definition) is 7. The molecule has 0 radical (unpaired) electrons. The number of amides is 1. The lowest BCUT2D eigenvalue weighted by molar-refractivity contribution is 0.0950. The minimum absolute atomic E-state index is 0.00493. The zero-order chi connectivity index (χ0) is 27.9. The molecule has 0 bridgehead atoms. The molecule has 0 spiro atoms. The Morgan fingerprint density at radius 1 is 0.927 bits per heavy atom. The fourth-order valence-corrected chi connectivity index (χ4v) is 5.02. The first-order valence-electron chi connectivity index (χ1n) is 13.8. The van der Waals surface area contributed by atoms with Gasteiger partial charge in [0.1, 0.15) is 17.2 Å². The summed E-state index contributed by atoms with van der Waals surface area (Å²) in [5.74, 6) is 1.06. The Bertz CT molecular complexity index is 1870. The fourth-order valence-electron chi connectivity index (χ4n) is 5.02. The Morgan fingerprint density at radius 2 is 1.66 bits per heavy atom. The van der Waals surface area contributed by atoms with Crippen LogP contribution in [0.4, 0.5) is 5.82 Å². The Kier molecular flexibility index (Phi) is 6.18. The average Bonchev–Trinajstić information content (AvgIpc) is 3.95. The van der Waals surface area contributed by atoms with E-state index in [2.05, 4.69) is 30.6 Å². The van der Waals surface area contributed by atoms with Crippen molar-refractivity contribution in [1.82, 2.24) is 34.4 Å². The number of pyridine rings is 2. The molecule has 0 saturated heterocycles. The molecule has 2 aliphatic rings. The van der Waals surface area contributed by atoms with E-state index in [9.17, 15) is 14.4 Å². The first kappa shape index (κ1) is 24.9. The Balaban J connectivity index is 1.04. The molecule has 11 heteroatoms. The number of benzene rings is 1. The van der Waals surface area contributed by atoms with Crippen LogP contribution in [0.1, 0.15) is 59.3 Å². The molecule has 2 aliphatic carbocycles. The molecule has 1 aromatic carbocycles. The summed E-state index contributed by atoms with van der Waals surface area (Å²) in [6.45, 7) is 0.970. The fraction of sp³-hybridized carbons (Fsp3) is 0.267. The van der Waals surface area contributed by atoms with Crippen LogP contribution in [0.15, 0.2) is 76.7 Å². The van der Waals surface area contributed by atoms with Gasteiger partial charge in [0.2, 0.25) is 0 Å². The van der Waals surface area contributed by atoms with E-state index < -0.39 is 0 Å². The maximum absolute atomic E-state index is 13.1.